The minimum atomic E-state index is -0.525. The molecule has 0 aliphatic carbocycles. The number of carbonyl (C=O) groups is 1. The van der Waals surface area contributed by atoms with Crippen molar-refractivity contribution in [1.29, 1.82) is 0 Å². The first-order valence-corrected chi connectivity index (χ1v) is 12.5. The zero-order valence-electron chi connectivity index (χ0n) is 21.4. The Labute approximate surface area is 220 Å². The number of hydrogen-bond donors (Lipinski definition) is 1. The lowest BCUT2D eigenvalue weighted by Crippen LogP contribution is -2.40. The smallest absolute Gasteiger partial charge is 0.246 e. The first-order chi connectivity index (χ1) is 18.4. The number of likely N-dealkylation sites (tertiary alicyclic amines) is 1. The summed E-state index contributed by atoms with van der Waals surface area (Å²) in [6, 6.07) is 13.6. The molecule has 0 bridgehead atoms. The quantitative estimate of drug-likeness (QED) is 0.366. The highest BCUT2D eigenvalue weighted by Crippen LogP contribution is 2.36. The Morgan fingerprint density at radius 3 is 2.79 bits per heavy atom. The summed E-state index contributed by atoms with van der Waals surface area (Å²) in [5.74, 6) is 0.356. The van der Waals surface area contributed by atoms with Gasteiger partial charge in [-0.05, 0) is 57.3 Å². The second-order valence-electron chi connectivity index (χ2n) is 9.56. The van der Waals surface area contributed by atoms with Crippen LogP contribution < -0.4 is 10.5 Å². The second-order valence-corrected chi connectivity index (χ2v) is 9.56. The molecule has 1 fully saturated rings. The van der Waals surface area contributed by atoms with E-state index in [0.717, 1.165) is 12.8 Å². The van der Waals surface area contributed by atoms with Crippen molar-refractivity contribution in [2.75, 3.05) is 39.5 Å². The molecule has 2 N–H and O–H groups in total. The molecule has 0 saturated carbocycles. The zero-order chi connectivity index (χ0) is 26.6. The van der Waals surface area contributed by atoms with E-state index in [-0.39, 0.29) is 23.5 Å². The van der Waals surface area contributed by atoms with Crippen LogP contribution in [0.15, 0.2) is 67.0 Å². The number of carbonyl (C=O) groups excluding carboxylic acids is 1. The number of nitrogens with two attached hydrogens (primary N) is 1. The molecule has 1 aliphatic heterocycles. The van der Waals surface area contributed by atoms with E-state index in [1.165, 1.54) is 12.4 Å². The molecule has 1 aliphatic rings. The standard InChI is InChI=1S/C28H30FN7O2/c1-34(2)14-7-11-24(37)35-15-6-8-20(17-35)36-28-25(27(30)31-18-32-28)26(33-36)19-12-13-23(22(29)16-19)38-21-9-4-3-5-10-21/h3-5,7,9-13,16,18,20H,6,8,14-15,17H2,1-2H3,(H2,30,31,32)/b11-7+. The molecule has 9 nitrogen and oxygen atoms in total. The molecule has 1 amide bonds. The molecule has 1 unspecified atom stereocenters. The molecule has 10 heteroatoms. The molecule has 0 spiro atoms. The number of fused-ring (bicyclic) bond motifs is 1. The first kappa shape index (κ1) is 25.3. The summed E-state index contributed by atoms with van der Waals surface area (Å²) in [5, 5.41) is 5.40. The van der Waals surface area contributed by atoms with E-state index >= 15 is 4.39 Å². The molecule has 1 saturated heterocycles. The van der Waals surface area contributed by atoms with Crippen molar-refractivity contribution in [2.24, 2.45) is 0 Å². The van der Waals surface area contributed by atoms with Gasteiger partial charge in [0.1, 0.15) is 23.6 Å². The van der Waals surface area contributed by atoms with Crippen molar-refractivity contribution in [1.82, 2.24) is 29.5 Å². The number of nitrogens with zero attached hydrogens (tertiary/aromatic N) is 6. The van der Waals surface area contributed by atoms with E-state index in [0.29, 0.717) is 47.7 Å². The second kappa shape index (κ2) is 11.0. The fraction of sp³-hybridized carbons (Fsp3) is 0.286. The highest BCUT2D eigenvalue weighted by Gasteiger charge is 2.28. The van der Waals surface area contributed by atoms with Crippen LogP contribution in [0.1, 0.15) is 18.9 Å². The monoisotopic (exact) mass is 515 g/mol. The number of nitrogen functional groups attached to an aromatic ring is 1. The lowest BCUT2D eigenvalue weighted by molar-refractivity contribution is -0.127. The molecule has 38 heavy (non-hydrogen) atoms. The summed E-state index contributed by atoms with van der Waals surface area (Å²) in [4.78, 5) is 25.2. The van der Waals surface area contributed by atoms with Crippen LogP contribution in [0.5, 0.6) is 11.5 Å². The lowest BCUT2D eigenvalue weighted by atomic mass is 10.1. The zero-order valence-corrected chi connectivity index (χ0v) is 21.4. The predicted molar refractivity (Wildman–Crippen MR) is 144 cm³/mol. The van der Waals surface area contributed by atoms with E-state index in [4.69, 9.17) is 15.6 Å². The Hall–Kier alpha value is -4.31. The van der Waals surface area contributed by atoms with Crippen LogP contribution in [0.3, 0.4) is 0 Å². The van der Waals surface area contributed by atoms with E-state index in [1.54, 1.807) is 35.0 Å². The largest absolute Gasteiger partial charge is 0.454 e. The predicted octanol–water partition coefficient (Wildman–Crippen LogP) is 4.29. The summed E-state index contributed by atoms with van der Waals surface area (Å²) in [6.45, 7) is 1.86. The number of halogens is 1. The molecule has 0 radical (unpaired) electrons. The minimum Gasteiger partial charge on any atom is -0.454 e. The van der Waals surface area contributed by atoms with Crippen LogP contribution >= 0.6 is 0 Å². The van der Waals surface area contributed by atoms with Crippen molar-refractivity contribution >= 4 is 22.8 Å². The van der Waals surface area contributed by atoms with E-state index in [1.807, 2.05) is 48.2 Å². The maximum absolute atomic E-state index is 15.1. The normalized spacial score (nSPS) is 16.0. The number of amides is 1. The molecule has 1 atom stereocenters. The summed E-state index contributed by atoms with van der Waals surface area (Å²) in [6.07, 6.45) is 6.53. The van der Waals surface area contributed by atoms with Gasteiger partial charge < -0.3 is 20.3 Å². The summed E-state index contributed by atoms with van der Waals surface area (Å²) in [7, 11) is 3.91. The summed E-state index contributed by atoms with van der Waals surface area (Å²) < 4.78 is 22.6. The number of hydrogen-bond acceptors (Lipinski definition) is 7. The minimum absolute atomic E-state index is 0.0292. The van der Waals surface area contributed by atoms with Gasteiger partial charge >= 0.3 is 0 Å². The highest BCUT2D eigenvalue weighted by atomic mass is 19.1. The van der Waals surface area contributed by atoms with Gasteiger partial charge in [-0.3, -0.25) is 4.79 Å². The van der Waals surface area contributed by atoms with Crippen LogP contribution in [0.25, 0.3) is 22.3 Å². The maximum Gasteiger partial charge on any atom is 0.246 e. The van der Waals surface area contributed by atoms with Crippen LogP contribution in [-0.2, 0) is 4.79 Å². The first-order valence-electron chi connectivity index (χ1n) is 12.5. The fourth-order valence-corrected chi connectivity index (χ4v) is 4.62. The molecule has 196 valence electrons. The van der Waals surface area contributed by atoms with Crippen LogP contribution in [0.4, 0.5) is 10.2 Å². The number of anilines is 1. The molecule has 4 aromatic rings. The lowest BCUT2D eigenvalue weighted by Gasteiger charge is -2.32. The summed E-state index contributed by atoms with van der Waals surface area (Å²) in [5.41, 5.74) is 7.83. The number of para-hydroxylation sites is 1. The van der Waals surface area contributed by atoms with E-state index < -0.39 is 5.82 Å². The maximum atomic E-state index is 15.1. The van der Waals surface area contributed by atoms with Gasteiger partial charge in [0.05, 0.1) is 11.4 Å². The fourth-order valence-electron chi connectivity index (χ4n) is 4.62. The van der Waals surface area contributed by atoms with Crippen molar-refractivity contribution in [2.45, 2.75) is 18.9 Å². The third kappa shape index (κ3) is 5.35. The van der Waals surface area contributed by atoms with Crippen LogP contribution in [0, 0.1) is 5.82 Å². The van der Waals surface area contributed by atoms with Gasteiger partial charge in [0.15, 0.2) is 17.2 Å². The van der Waals surface area contributed by atoms with E-state index in [2.05, 4.69) is 9.97 Å². The highest BCUT2D eigenvalue weighted by molar-refractivity contribution is 5.98. The van der Waals surface area contributed by atoms with Gasteiger partial charge in [-0.15, -0.1) is 0 Å². The van der Waals surface area contributed by atoms with Crippen molar-refractivity contribution < 1.29 is 13.9 Å². The Morgan fingerprint density at radius 1 is 1.21 bits per heavy atom. The number of likely N-dealkylation sites (N-methyl/N-ethyl adjacent to an activating group) is 1. The topological polar surface area (TPSA) is 102 Å². The average Bonchev–Trinajstić information content (AvgIpc) is 3.31. The number of aromatic nitrogens is 4. The number of piperidine rings is 1. The van der Waals surface area contributed by atoms with Gasteiger partial charge in [0, 0.05) is 31.3 Å². The van der Waals surface area contributed by atoms with Crippen LogP contribution in [-0.4, -0.2) is 69.2 Å². The number of rotatable bonds is 7. The Balaban J connectivity index is 1.45. The van der Waals surface area contributed by atoms with Gasteiger partial charge in [-0.2, -0.15) is 5.10 Å². The molecule has 5 rings (SSSR count). The molecule has 3 heterocycles. The third-order valence-corrected chi connectivity index (χ3v) is 6.48. The van der Waals surface area contributed by atoms with Crippen molar-refractivity contribution in [3.05, 3.63) is 72.8 Å². The SMILES string of the molecule is CN(C)C/C=C/C(=O)N1CCCC(n2nc(-c3ccc(Oc4ccccc4)c(F)c3)c3c(N)ncnc32)C1. The Kier molecular flexibility index (Phi) is 7.32. The third-order valence-electron chi connectivity index (χ3n) is 6.48. The van der Waals surface area contributed by atoms with Gasteiger partial charge in [0.25, 0.3) is 0 Å². The number of benzene rings is 2. The van der Waals surface area contributed by atoms with Crippen LogP contribution in [0.2, 0.25) is 0 Å². The van der Waals surface area contributed by atoms with Gasteiger partial charge in [-0.1, -0.05) is 24.3 Å². The molecular weight excluding hydrogens is 485 g/mol. The van der Waals surface area contributed by atoms with Crippen molar-refractivity contribution in [3.63, 3.8) is 0 Å². The average molecular weight is 516 g/mol. The number of ether oxygens (including phenoxy) is 1. The summed E-state index contributed by atoms with van der Waals surface area (Å²) >= 11 is 0. The molecule has 2 aromatic heterocycles. The molecule has 2 aromatic carbocycles. The van der Waals surface area contributed by atoms with Gasteiger partial charge in [0.2, 0.25) is 5.91 Å². The Morgan fingerprint density at radius 2 is 2.03 bits per heavy atom. The van der Waals surface area contributed by atoms with E-state index in [9.17, 15) is 4.79 Å². The Bertz CT molecular complexity index is 1470. The van der Waals surface area contributed by atoms with Crippen molar-refractivity contribution in [3.8, 4) is 22.8 Å². The molecular formula is C28H30FN7O2. The van der Waals surface area contributed by atoms with Gasteiger partial charge in [-0.25, -0.2) is 19.0 Å².